The maximum absolute atomic E-state index is 11.5. The summed E-state index contributed by atoms with van der Waals surface area (Å²) in [6.45, 7) is 3.41. The Morgan fingerprint density at radius 2 is 1.94 bits per heavy atom. The number of nitrogens with one attached hydrogen (secondary N) is 1. The van der Waals surface area contributed by atoms with Crippen molar-refractivity contribution in [3.8, 4) is 11.6 Å². The quantitative estimate of drug-likeness (QED) is 0.292. The summed E-state index contributed by atoms with van der Waals surface area (Å²) in [5.74, 6) is 1.49. The predicted molar refractivity (Wildman–Crippen MR) is 124 cm³/mol. The number of rotatable bonds is 9. The van der Waals surface area contributed by atoms with Gasteiger partial charge in [-0.1, -0.05) is 19.4 Å². The van der Waals surface area contributed by atoms with E-state index in [4.69, 9.17) is 15.2 Å². The summed E-state index contributed by atoms with van der Waals surface area (Å²) in [5, 5.41) is 7.80. The van der Waals surface area contributed by atoms with Crippen molar-refractivity contribution in [2.75, 3.05) is 24.7 Å². The number of ether oxygens (including phenoxy) is 2. The van der Waals surface area contributed by atoms with Gasteiger partial charge in [0.05, 0.1) is 25.4 Å². The molecule has 4 rings (SSSR count). The van der Waals surface area contributed by atoms with Crippen molar-refractivity contribution in [3.63, 3.8) is 0 Å². The van der Waals surface area contributed by atoms with Crippen LogP contribution >= 0.6 is 0 Å². The second-order valence-electron chi connectivity index (χ2n) is 7.37. The standard InChI is InChI=1S/C23H25N7O3/c1-3-4-11-25-21-20-18(28-23(24)29-21)13-27-30(20)14-15-5-10-19(26-12-15)33-17-8-6-16(7-9-17)22(31)32-2/h5-10,12-13H,3-4,11,14H2,1-2H3,(H3,24,25,28,29). The minimum Gasteiger partial charge on any atom is -0.465 e. The fourth-order valence-corrected chi connectivity index (χ4v) is 3.28. The van der Waals surface area contributed by atoms with Crippen LogP contribution in [0.3, 0.4) is 0 Å². The molecule has 0 fully saturated rings. The number of nitrogens with two attached hydrogens (primary N) is 1. The summed E-state index contributed by atoms with van der Waals surface area (Å²) in [7, 11) is 1.34. The molecule has 0 radical (unpaired) electrons. The summed E-state index contributed by atoms with van der Waals surface area (Å²) >= 11 is 0. The Labute approximate surface area is 190 Å². The third-order valence-electron chi connectivity index (χ3n) is 4.96. The van der Waals surface area contributed by atoms with E-state index >= 15 is 0 Å². The van der Waals surface area contributed by atoms with Gasteiger partial charge in [-0.05, 0) is 36.2 Å². The van der Waals surface area contributed by atoms with Gasteiger partial charge in [0.25, 0.3) is 0 Å². The van der Waals surface area contributed by atoms with Crippen LogP contribution in [0.4, 0.5) is 11.8 Å². The Morgan fingerprint density at radius 1 is 1.12 bits per heavy atom. The number of nitrogen functional groups attached to an aromatic ring is 1. The highest BCUT2D eigenvalue weighted by Gasteiger charge is 2.13. The molecule has 0 unspecified atom stereocenters. The maximum Gasteiger partial charge on any atom is 0.337 e. The van der Waals surface area contributed by atoms with Crippen molar-refractivity contribution in [1.29, 1.82) is 0 Å². The number of esters is 1. The van der Waals surface area contributed by atoms with Crippen LogP contribution in [-0.4, -0.2) is 44.4 Å². The molecule has 0 aliphatic rings. The molecule has 0 amide bonds. The minimum atomic E-state index is -0.396. The molecule has 3 heterocycles. The van der Waals surface area contributed by atoms with Crippen LogP contribution in [0.1, 0.15) is 35.7 Å². The second kappa shape index (κ2) is 9.94. The van der Waals surface area contributed by atoms with Gasteiger partial charge in [0, 0.05) is 18.8 Å². The molecule has 0 aliphatic carbocycles. The second-order valence-corrected chi connectivity index (χ2v) is 7.37. The van der Waals surface area contributed by atoms with Crippen molar-refractivity contribution >= 4 is 28.8 Å². The highest BCUT2D eigenvalue weighted by Crippen LogP contribution is 2.23. The lowest BCUT2D eigenvalue weighted by atomic mass is 10.2. The molecular formula is C23H25N7O3. The molecule has 0 atom stereocenters. The van der Waals surface area contributed by atoms with Crippen LogP contribution in [-0.2, 0) is 11.3 Å². The lowest BCUT2D eigenvalue weighted by molar-refractivity contribution is 0.0600. The van der Waals surface area contributed by atoms with Crippen LogP contribution in [0, 0.1) is 0 Å². The number of unbranched alkanes of at least 4 members (excludes halogenated alkanes) is 1. The van der Waals surface area contributed by atoms with Crippen LogP contribution in [0.25, 0.3) is 11.0 Å². The monoisotopic (exact) mass is 447 g/mol. The number of hydrogen-bond acceptors (Lipinski definition) is 9. The smallest absolute Gasteiger partial charge is 0.337 e. The molecule has 0 aliphatic heterocycles. The number of pyridine rings is 1. The van der Waals surface area contributed by atoms with E-state index < -0.39 is 5.97 Å². The zero-order chi connectivity index (χ0) is 23.2. The topological polar surface area (TPSA) is 130 Å². The van der Waals surface area contributed by atoms with Gasteiger partial charge >= 0.3 is 5.97 Å². The minimum absolute atomic E-state index is 0.212. The molecule has 4 aromatic rings. The number of aromatic nitrogens is 5. The number of hydrogen-bond donors (Lipinski definition) is 2. The third-order valence-corrected chi connectivity index (χ3v) is 4.96. The highest BCUT2D eigenvalue weighted by molar-refractivity contribution is 5.89. The summed E-state index contributed by atoms with van der Waals surface area (Å²) in [6, 6.07) is 10.4. The van der Waals surface area contributed by atoms with E-state index in [1.54, 1.807) is 42.7 Å². The Balaban J connectivity index is 1.48. The van der Waals surface area contributed by atoms with E-state index in [1.165, 1.54) is 7.11 Å². The van der Waals surface area contributed by atoms with Crippen molar-refractivity contribution in [1.82, 2.24) is 24.7 Å². The highest BCUT2D eigenvalue weighted by atomic mass is 16.5. The molecule has 10 nitrogen and oxygen atoms in total. The summed E-state index contributed by atoms with van der Waals surface area (Å²) in [4.78, 5) is 24.6. The van der Waals surface area contributed by atoms with Crippen molar-refractivity contribution < 1.29 is 14.3 Å². The molecular weight excluding hydrogens is 422 g/mol. The largest absolute Gasteiger partial charge is 0.465 e. The molecule has 0 saturated carbocycles. The SMILES string of the molecule is CCCCNc1nc(N)nc2cnn(Cc3ccc(Oc4ccc(C(=O)OC)cc4)nc3)c12. The molecule has 10 heteroatoms. The number of benzene rings is 1. The fourth-order valence-electron chi connectivity index (χ4n) is 3.28. The number of carbonyl (C=O) groups excluding carboxylic acids is 1. The average molecular weight is 447 g/mol. The Kier molecular flexibility index (Phi) is 6.63. The molecule has 0 spiro atoms. The summed E-state index contributed by atoms with van der Waals surface area (Å²) < 4.78 is 12.3. The first-order chi connectivity index (χ1) is 16.1. The van der Waals surface area contributed by atoms with Crippen LogP contribution in [0.5, 0.6) is 11.6 Å². The lowest BCUT2D eigenvalue weighted by Gasteiger charge is -2.10. The molecule has 33 heavy (non-hydrogen) atoms. The third kappa shape index (κ3) is 5.17. The van der Waals surface area contributed by atoms with Crippen molar-refractivity contribution in [2.45, 2.75) is 26.3 Å². The molecule has 0 saturated heterocycles. The number of nitrogens with zero attached hydrogens (tertiary/aromatic N) is 5. The van der Waals surface area contributed by atoms with E-state index in [0.717, 1.165) is 30.5 Å². The van der Waals surface area contributed by atoms with Gasteiger partial charge < -0.3 is 20.5 Å². The zero-order valence-corrected chi connectivity index (χ0v) is 18.5. The maximum atomic E-state index is 11.5. The number of carbonyl (C=O) groups is 1. The normalized spacial score (nSPS) is 10.8. The summed E-state index contributed by atoms with van der Waals surface area (Å²) in [5.41, 5.74) is 8.72. The van der Waals surface area contributed by atoms with E-state index in [-0.39, 0.29) is 5.95 Å². The van der Waals surface area contributed by atoms with Crippen LogP contribution in [0.2, 0.25) is 0 Å². The first kappa shape index (κ1) is 22.0. The van der Waals surface area contributed by atoms with Crippen molar-refractivity contribution in [3.05, 3.63) is 59.9 Å². The Morgan fingerprint density at radius 3 is 2.64 bits per heavy atom. The van der Waals surface area contributed by atoms with Crippen molar-refractivity contribution in [2.24, 2.45) is 0 Å². The lowest BCUT2D eigenvalue weighted by Crippen LogP contribution is -2.10. The Bertz CT molecular complexity index is 1240. The zero-order valence-electron chi connectivity index (χ0n) is 18.5. The van der Waals surface area contributed by atoms with Gasteiger partial charge in [0.2, 0.25) is 11.8 Å². The number of fused-ring (bicyclic) bond motifs is 1. The van der Waals surface area contributed by atoms with Crippen LogP contribution in [0.15, 0.2) is 48.8 Å². The molecule has 3 N–H and O–H groups in total. The van der Waals surface area contributed by atoms with Gasteiger partial charge in [-0.2, -0.15) is 10.1 Å². The number of anilines is 2. The first-order valence-electron chi connectivity index (χ1n) is 10.6. The van der Waals surface area contributed by atoms with E-state index in [2.05, 4.69) is 32.3 Å². The number of methoxy groups -OCH3 is 1. The summed E-state index contributed by atoms with van der Waals surface area (Å²) in [6.07, 6.45) is 5.51. The van der Waals surface area contributed by atoms with Gasteiger partial charge in [-0.25, -0.2) is 14.8 Å². The molecule has 170 valence electrons. The van der Waals surface area contributed by atoms with E-state index in [9.17, 15) is 4.79 Å². The molecule has 1 aromatic carbocycles. The predicted octanol–water partition coefficient (Wildman–Crippen LogP) is 3.64. The van der Waals surface area contributed by atoms with Crippen LogP contribution < -0.4 is 15.8 Å². The van der Waals surface area contributed by atoms with Gasteiger partial charge in [0.15, 0.2) is 5.82 Å². The molecule has 0 bridgehead atoms. The van der Waals surface area contributed by atoms with Gasteiger partial charge in [-0.3, -0.25) is 4.68 Å². The first-order valence-corrected chi connectivity index (χ1v) is 10.6. The van der Waals surface area contributed by atoms with Gasteiger partial charge in [0.1, 0.15) is 16.8 Å². The average Bonchev–Trinajstić information content (AvgIpc) is 3.22. The Hall–Kier alpha value is -4.21. The van der Waals surface area contributed by atoms with E-state index in [0.29, 0.717) is 35.1 Å². The fraction of sp³-hybridized carbons (Fsp3) is 0.261. The molecule has 3 aromatic heterocycles. The van der Waals surface area contributed by atoms with Gasteiger partial charge in [-0.15, -0.1) is 0 Å². The van der Waals surface area contributed by atoms with E-state index in [1.807, 2.05) is 10.7 Å².